The minimum absolute atomic E-state index is 0.0995. The maximum absolute atomic E-state index is 10.5. The van der Waals surface area contributed by atoms with Crippen LogP contribution in [-0.2, 0) is 9.53 Å². The van der Waals surface area contributed by atoms with Crippen LogP contribution in [0.15, 0.2) is 0 Å². The van der Waals surface area contributed by atoms with Gasteiger partial charge in [0.1, 0.15) is 6.73 Å². The second-order valence-corrected chi connectivity index (χ2v) is 1.76. The van der Waals surface area contributed by atoms with Crippen LogP contribution in [0.5, 0.6) is 0 Å². The van der Waals surface area contributed by atoms with Crippen molar-refractivity contribution in [3.63, 3.8) is 0 Å². The van der Waals surface area contributed by atoms with Crippen molar-refractivity contribution in [2.24, 2.45) is 0 Å². The number of rotatable bonds is 0. The monoisotopic (exact) mass is 115 g/mol. The second-order valence-electron chi connectivity index (χ2n) is 1.76. The summed E-state index contributed by atoms with van der Waals surface area (Å²) in [6, 6.07) is 0. The maximum atomic E-state index is 10.5. The third-order valence-electron chi connectivity index (χ3n) is 1.06. The number of hydrogen-bond acceptors (Lipinski definition) is 2. The molecule has 1 saturated heterocycles. The van der Waals surface area contributed by atoms with Crippen molar-refractivity contribution < 1.29 is 9.53 Å². The van der Waals surface area contributed by atoms with E-state index < -0.39 is 0 Å². The van der Waals surface area contributed by atoms with Gasteiger partial charge in [0.05, 0.1) is 0 Å². The molecule has 0 unspecified atom stereocenters. The number of carbonyl (C=O) groups is 1. The highest BCUT2D eigenvalue weighted by Crippen LogP contribution is 1.93. The number of carbonyl (C=O) groups excluding carboxylic acids is 1. The van der Waals surface area contributed by atoms with E-state index in [-0.39, 0.29) is 5.91 Å². The molecule has 46 valence electrons. The normalized spacial score (nSPS) is 21.8. The van der Waals surface area contributed by atoms with E-state index >= 15 is 0 Å². The molecule has 0 bridgehead atoms. The van der Waals surface area contributed by atoms with Gasteiger partial charge in [-0.2, -0.15) is 0 Å². The van der Waals surface area contributed by atoms with Crippen LogP contribution in [0.25, 0.3) is 0 Å². The summed E-state index contributed by atoms with van der Waals surface area (Å²) in [4.78, 5) is 10.5. The Bertz CT molecular complexity index is 82.4. The van der Waals surface area contributed by atoms with Crippen molar-refractivity contribution in [3.05, 3.63) is 0 Å². The van der Waals surface area contributed by atoms with Crippen LogP contribution in [0.2, 0.25) is 0 Å². The summed E-state index contributed by atoms with van der Waals surface area (Å²) >= 11 is 0. The van der Waals surface area contributed by atoms with Crippen molar-refractivity contribution in [1.82, 2.24) is 5.32 Å². The fraction of sp³-hybridized carbons (Fsp3) is 0.800. The van der Waals surface area contributed by atoms with Crippen LogP contribution in [0.3, 0.4) is 0 Å². The predicted octanol–water partition coefficient (Wildman–Crippen LogP) is -0.130. The van der Waals surface area contributed by atoms with E-state index in [0.29, 0.717) is 19.8 Å². The number of hydrogen-bond donors (Lipinski definition) is 1. The molecular weight excluding hydrogens is 106 g/mol. The first-order chi connectivity index (χ1) is 3.89. The SMILES string of the molecule is O=C1CCCOCN1. The second kappa shape index (κ2) is 2.67. The zero-order valence-electron chi connectivity index (χ0n) is 4.64. The molecule has 1 fully saturated rings. The highest BCUT2D eigenvalue weighted by molar-refractivity contribution is 5.75. The van der Waals surface area contributed by atoms with E-state index in [1.54, 1.807) is 0 Å². The van der Waals surface area contributed by atoms with Gasteiger partial charge < -0.3 is 10.1 Å². The van der Waals surface area contributed by atoms with Crippen molar-refractivity contribution in [2.75, 3.05) is 13.3 Å². The molecule has 0 aliphatic carbocycles. The number of nitrogens with one attached hydrogen (secondary N) is 1. The number of ether oxygens (including phenoxy) is 1. The Balaban J connectivity index is 2.27. The molecule has 3 nitrogen and oxygen atoms in total. The molecule has 0 aromatic heterocycles. The summed E-state index contributed by atoms with van der Waals surface area (Å²) in [6.45, 7) is 1.09. The Morgan fingerprint density at radius 3 is 3.38 bits per heavy atom. The molecule has 3 heteroatoms. The summed E-state index contributed by atoms with van der Waals surface area (Å²) < 4.78 is 4.93. The fourth-order valence-electron chi connectivity index (χ4n) is 0.627. The third-order valence-corrected chi connectivity index (χ3v) is 1.06. The Morgan fingerprint density at radius 1 is 1.62 bits per heavy atom. The van der Waals surface area contributed by atoms with E-state index in [1.807, 2.05) is 0 Å². The van der Waals surface area contributed by atoms with Gasteiger partial charge in [0.2, 0.25) is 5.91 Å². The Labute approximate surface area is 48.0 Å². The van der Waals surface area contributed by atoms with E-state index in [2.05, 4.69) is 5.32 Å². The van der Waals surface area contributed by atoms with Gasteiger partial charge in [-0.15, -0.1) is 0 Å². The van der Waals surface area contributed by atoms with Crippen LogP contribution in [0.4, 0.5) is 0 Å². The molecule has 0 aromatic carbocycles. The lowest BCUT2D eigenvalue weighted by Gasteiger charge is -1.95. The van der Waals surface area contributed by atoms with E-state index in [9.17, 15) is 4.79 Å². The molecule has 1 rings (SSSR count). The zero-order chi connectivity index (χ0) is 5.82. The van der Waals surface area contributed by atoms with Gasteiger partial charge in [-0.3, -0.25) is 4.79 Å². The largest absolute Gasteiger partial charge is 0.361 e. The first kappa shape index (κ1) is 5.56. The minimum atomic E-state index is 0.0995. The number of amides is 1. The molecule has 1 heterocycles. The van der Waals surface area contributed by atoms with Crippen molar-refractivity contribution >= 4 is 5.91 Å². The fourth-order valence-corrected chi connectivity index (χ4v) is 0.627. The van der Waals surface area contributed by atoms with Gasteiger partial charge in [-0.25, -0.2) is 0 Å². The Morgan fingerprint density at radius 2 is 2.50 bits per heavy atom. The van der Waals surface area contributed by atoms with Gasteiger partial charge in [0.15, 0.2) is 0 Å². The molecule has 0 saturated carbocycles. The van der Waals surface area contributed by atoms with Crippen molar-refractivity contribution in [3.8, 4) is 0 Å². The Kier molecular flexibility index (Phi) is 1.86. The van der Waals surface area contributed by atoms with E-state index in [0.717, 1.165) is 6.42 Å². The van der Waals surface area contributed by atoms with Gasteiger partial charge in [-0.1, -0.05) is 0 Å². The first-order valence-electron chi connectivity index (χ1n) is 2.74. The first-order valence-corrected chi connectivity index (χ1v) is 2.74. The lowest BCUT2D eigenvalue weighted by atomic mass is 10.3. The van der Waals surface area contributed by atoms with Crippen LogP contribution < -0.4 is 5.32 Å². The van der Waals surface area contributed by atoms with Gasteiger partial charge in [0, 0.05) is 13.0 Å². The molecule has 8 heavy (non-hydrogen) atoms. The molecule has 0 radical (unpaired) electrons. The highest BCUT2D eigenvalue weighted by atomic mass is 16.5. The maximum Gasteiger partial charge on any atom is 0.221 e. The van der Waals surface area contributed by atoms with Gasteiger partial charge in [0.25, 0.3) is 0 Å². The molecule has 1 N–H and O–H groups in total. The molecule has 1 amide bonds. The van der Waals surface area contributed by atoms with Crippen LogP contribution in [-0.4, -0.2) is 19.2 Å². The summed E-state index contributed by atoms with van der Waals surface area (Å²) in [6.07, 6.45) is 1.46. The summed E-state index contributed by atoms with van der Waals surface area (Å²) in [7, 11) is 0. The highest BCUT2D eigenvalue weighted by Gasteiger charge is 2.03. The van der Waals surface area contributed by atoms with Crippen LogP contribution in [0, 0.1) is 0 Å². The standard InChI is InChI=1S/C5H9NO2/c7-5-2-1-3-8-4-6-5/h1-4H2,(H,6,7). The van der Waals surface area contributed by atoms with E-state index in [1.165, 1.54) is 0 Å². The lowest BCUT2D eigenvalue weighted by Crippen LogP contribution is -2.22. The minimum Gasteiger partial charge on any atom is -0.361 e. The quantitative estimate of drug-likeness (QED) is 0.477. The predicted molar refractivity (Wildman–Crippen MR) is 28.2 cm³/mol. The molecule has 0 spiro atoms. The average Bonchev–Trinajstić information content (AvgIpc) is 1.94. The lowest BCUT2D eigenvalue weighted by molar-refractivity contribution is -0.121. The van der Waals surface area contributed by atoms with Gasteiger partial charge in [-0.05, 0) is 6.42 Å². The third kappa shape index (κ3) is 1.50. The van der Waals surface area contributed by atoms with Crippen LogP contribution in [0.1, 0.15) is 12.8 Å². The summed E-state index contributed by atoms with van der Waals surface area (Å²) in [5, 5.41) is 2.58. The summed E-state index contributed by atoms with van der Waals surface area (Å²) in [5.74, 6) is 0.0995. The van der Waals surface area contributed by atoms with Gasteiger partial charge >= 0.3 is 0 Å². The van der Waals surface area contributed by atoms with Crippen LogP contribution >= 0.6 is 0 Å². The molecule has 1 aliphatic heterocycles. The average molecular weight is 115 g/mol. The zero-order valence-corrected chi connectivity index (χ0v) is 4.64. The molecule has 0 atom stereocenters. The van der Waals surface area contributed by atoms with Crippen molar-refractivity contribution in [1.29, 1.82) is 0 Å². The molecule has 1 aliphatic rings. The Hall–Kier alpha value is -0.570. The smallest absolute Gasteiger partial charge is 0.221 e. The summed E-state index contributed by atoms with van der Waals surface area (Å²) in [5.41, 5.74) is 0. The topological polar surface area (TPSA) is 38.3 Å². The van der Waals surface area contributed by atoms with Crippen molar-refractivity contribution in [2.45, 2.75) is 12.8 Å². The van der Waals surface area contributed by atoms with E-state index in [4.69, 9.17) is 4.74 Å². The molecular formula is C5H9NO2. The molecule has 0 aromatic rings.